The molecule has 1 atom stereocenters. The van der Waals surface area contributed by atoms with Crippen molar-refractivity contribution in [3.63, 3.8) is 0 Å². The minimum absolute atomic E-state index is 0.0234. The number of halogens is 2. The SMILES string of the molecule is CCNC(CC)c1ccc(Oc2ccc(F)cc2F)cn1. The zero-order valence-electron chi connectivity index (χ0n) is 12.1. The fourth-order valence-electron chi connectivity index (χ4n) is 2.05. The van der Waals surface area contributed by atoms with Crippen LogP contribution in [-0.4, -0.2) is 11.5 Å². The second kappa shape index (κ2) is 7.13. The van der Waals surface area contributed by atoms with E-state index in [1.165, 1.54) is 12.3 Å². The summed E-state index contributed by atoms with van der Waals surface area (Å²) in [6, 6.07) is 6.95. The second-order valence-corrected chi connectivity index (χ2v) is 4.61. The van der Waals surface area contributed by atoms with E-state index < -0.39 is 11.6 Å². The first-order valence-electron chi connectivity index (χ1n) is 6.96. The van der Waals surface area contributed by atoms with Crippen molar-refractivity contribution in [3.05, 3.63) is 53.9 Å². The molecule has 0 aliphatic rings. The number of aromatic nitrogens is 1. The third kappa shape index (κ3) is 3.98. The van der Waals surface area contributed by atoms with E-state index in [-0.39, 0.29) is 11.8 Å². The summed E-state index contributed by atoms with van der Waals surface area (Å²) in [5.74, 6) is -0.983. The second-order valence-electron chi connectivity index (χ2n) is 4.61. The van der Waals surface area contributed by atoms with Crippen LogP contribution in [0.4, 0.5) is 8.78 Å². The van der Waals surface area contributed by atoms with Crippen molar-refractivity contribution in [2.75, 3.05) is 6.54 Å². The van der Waals surface area contributed by atoms with Gasteiger partial charge in [-0.25, -0.2) is 8.78 Å². The Labute approximate surface area is 123 Å². The van der Waals surface area contributed by atoms with Crippen molar-refractivity contribution < 1.29 is 13.5 Å². The summed E-state index contributed by atoms with van der Waals surface area (Å²) < 4.78 is 31.7. The fourth-order valence-corrected chi connectivity index (χ4v) is 2.05. The van der Waals surface area contributed by atoms with Crippen LogP contribution in [-0.2, 0) is 0 Å². The lowest BCUT2D eigenvalue weighted by atomic mass is 10.1. The van der Waals surface area contributed by atoms with Gasteiger partial charge in [0, 0.05) is 12.1 Å². The highest BCUT2D eigenvalue weighted by molar-refractivity contribution is 5.31. The van der Waals surface area contributed by atoms with E-state index in [9.17, 15) is 8.78 Å². The first-order valence-corrected chi connectivity index (χ1v) is 6.96. The smallest absolute Gasteiger partial charge is 0.168 e. The van der Waals surface area contributed by atoms with Crippen LogP contribution in [0, 0.1) is 11.6 Å². The maximum absolute atomic E-state index is 13.5. The molecule has 0 radical (unpaired) electrons. The summed E-state index contributed by atoms with van der Waals surface area (Å²) in [6.45, 7) is 4.98. The first-order chi connectivity index (χ1) is 10.1. The number of benzene rings is 1. The predicted molar refractivity (Wildman–Crippen MR) is 77.4 cm³/mol. The molecule has 2 aromatic rings. The first kappa shape index (κ1) is 15.4. The van der Waals surface area contributed by atoms with Crippen LogP contribution in [0.15, 0.2) is 36.5 Å². The normalized spacial score (nSPS) is 12.2. The van der Waals surface area contributed by atoms with Gasteiger partial charge in [0.05, 0.1) is 11.9 Å². The number of hydrogen-bond acceptors (Lipinski definition) is 3. The maximum Gasteiger partial charge on any atom is 0.168 e. The molecule has 0 aliphatic heterocycles. The molecule has 1 aromatic carbocycles. The molecule has 0 aliphatic carbocycles. The van der Waals surface area contributed by atoms with Crippen LogP contribution >= 0.6 is 0 Å². The van der Waals surface area contributed by atoms with Gasteiger partial charge in [0.25, 0.3) is 0 Å². The van der Waals surface area contributed by atoms with Crippen molar-refractivity contribution in [1.82, 2.24) is 10.3 Å². The highest BCUT2D eigenvalue weighted by atomic mass is 19.1. The average molecular weight is 292 g/mol. The number of rotatable bonds is 6. The van der Waals surface area contributed by atoms with E-state index in [1.54, 1.807) is 6.07 Å². The quantitative estimate of drug-likeness (QED) is 0.866. The molecule has 1 N–H and O–H groups in total. The number of pyridine rings is 1. The van der Waals surface area contributed by atoms with Crippen LogP contribution in [0.5, 0.6) is 11.5 Å². The molecule has 1 heterocycles. The highest BCUT2D eigenvalue weighted by Gasteiger charge is 2.10. The average Bonchev–Trinajstić information content (AvgIpc) is 2.48. The lowest BCUT2D eigenvalue weighted by Crippen LogP contribution is -2.20. The van der Waals surface area contributed by atoms with Gasteiger partial charge < -0.3 is 10.1 Å². The minimum Gasteiger partial charge on any atom is -0.453 e. The zero-order valence-corrected chi connectivity index (χ0v) is 12.1. The molecule has 21 heavy (non-hydrogen) atoms. The van der Waals surface area contributed by atoms with Gasteiger partial charge in [-0.3, -0.25) is 4.98 Å². The molecule has 1 aromatic heterocycles. The Hall–Kier alpha value is -2.01. The standard InChI is InChI=1S/C16H18F2N2O/c1-3-14(19-4-2)15-7-6-12(10-20-15)21-16-8-5-11(17)9-13(16)18/h5-10,14,19H,3-4H2,1-2H3. The Morgan fingerprint density at radius 2 is 2.00 bits per heavy atom. The van der Waals surface area contributed by atoms with E-state index in [2.05, 4.69) is 17.2 Å². The van der Waals surface area contributed by atoms with Crippen LogP contribution < -0.4 is 10.1 Å². The van der Waals surface area contributed by atoms with E-state index in [1.807, 2.05) is 13.0 Å². The molecule has 0 spiro atoms. The van der Waals surface area contributed by atoms with Crippen molar-refractivity contribution in [2.24, 2.45) is 0 Å². The Bertz CT molecular complexity index is 587. The van der Waals surface area contributed by atoms with E-state index in [4.69, 9.17) is 4.74 Å². The molecular formula is C16H18F2N2O. The fraction of sp³-hybridized carbons (Fsp3) is 0.312. The van der Waals surface area contributed by atoms with Crippen LogP contribution in [0.25, 0.3) is 0 Å². The summed E-state index contributed by atoms with van der Waals surface area (Å²) in [7, 11) is 0. The molecule has 1 unspecified atom stereocenters. The molecular weight excluding hydrogens is 274 g/mol. The summed E-state index contributed by atoms with van der Waals surface area (Å²) in [6.07, 6.45) is 2.46. The van der Waals surface area contributed by atoms with Gasteiger partial charge in [-0.2, -0.15) is 0 Å². The van der Waals surface area contributed by atoms with Gasteiger partial charge in [-0.15, -0.1) is 0 Å². The van der Waals surface area contributed by atoms with Gasteiger partial charge >= 0.3 is 0 Å². The zero-order chi connectivity index (χ0) is 15.2. The van der Waals surface area contributed by atoms with Crippen molar-refractivity contribution >= 4 is 0 Å². The molecule has 0 saturated carbocycles. The third-order valence-electron chi connectivity index (χ3n) is 3.10. The molecule has 0 saturated heterocycles. The molecule has 0 bridgehead atoms. The monoisotopic (exact) mass is 292 g/mol. The minimum atomic E-state index is -0.738. The lowest BCUT2D eigenvalue weighted by Gasteiger charge is -2.15. The molecule has 5 heteroatoms. The van der Waals surface area contributed by atoms with Gasteiger partial charge in [0.15, 0.2) is 11.6 Å². The van der Waals surface area contributed by atoms with Crippen LogP contribution in [0.3, 0.4) is 0 Å². The third-order valence-corrected chi connectivity index (χ3v) is 3.10. The molecule has 3 nitrogen and oxygen atoms in total. The summed E-state index contributed by atoms with van der Waals surface area (Å²) in [4.78, 5) is 4.33. The maximum atomic E-state index is 13.5. The number of nitrogens with zero attached hydrogens (tertiary/aromatic N) is 1. The topological polar surface area (TPSA) is 34.1 Å². The highest BCUT2D eigenvalue weighted by Crippen LogP contribution is 2.25. The molecule has 0 amide bonds. The molecule has 0 fully saturated rings. The summed E-state index contributed by atoms with van der Waals surface area (Å²) in [5.41, 5.74) is 0.909. The number of hydrogen-bond donors (Lipinski definition) is 1. The number of nitrogens with one attached hydrogen (secondary N) is 1. The van der Waals surface area contributed by atoms with E-state index in [0.717, 1.165) is 30.8 Å². The number of ether oxygens (including phenoxy) is 1. The Morgan fingerprint density at radius 1 is 1.19 bits per heavy atom. The van der Waals surface area contributed by atoms with E-state index in [0.29, 0.717) is 5.75 Å². The molecule has 2 rings (SSSR count). The van der Waals surface area contributed by atoms with Crippen molar-refractivity contribution in [2.45, 2.75) is 26.3 Å². The largest absolute Gasteiger partial charge is 0.453 e. The Morgan fingerprint density at radius 3 is 2.57 bits per heavy atom. The Kier molecular flexibility index (Phi) is 5.22. The lowest BCUT2D eigenvalue weighted by molar-refractivity contribution is 0.434. The van der Waals surface area contributed by atoms with Crippen molar-refractivity contribution in [1.29, 1.82) is 0 Å². The van der Waals surface area contributed by atoms with Crippen molar-refractivity contribution in [3.8, 4) is 11.5 Å². The van der Waals surface area contributed by atoms with Crippen LogP contribution in [0.2, 0.25) is 0 Å². The van der Waals surface area contributed by atoms with Crippen LogP contribution in [0.1, 0.15) is 32.0 Å². The van der Waals surface area contributed by atoms with Gasteiger partial charge in [0.1, 0.15) is 11.6 Å². The summed E-state index contributed by atoms with van der Waals surface area (Å²) in [5, 5.41) is 3.33. The van der Waals surface area contributed by atoms with Gasteiger partial charge in [-0.05, 0) is 37.2 Å². The molecule has 112 valence electrons. The predicted octanol–water partition coefficient (Wildman–Crippen LogP) is 4.21. The van der Waals surface area contributed by atoms with E-state index >= 15 is 0 Å². The van der Waals surface area contributed by atoms with Gasteiger partial charge in [-0.1, -0.05) is 13.8 Å². The van der Waals surface area contributed by atoms with Gasteiger partial charge in [0.2, 0.25) is 0 Å². The summed E-state index contributed by atoms with van der Waals surface area (Å²) >= 11 is 0. The Balaban J connectivity index is 2.11.